The number of hydrogen-bond donors (Lipinski definition) is 1. The highest BCUT2D eigenvalue weighted by Crippen LogP contribution is 2.38. The van der Waals surface area contributed by atoms with Gasteiger partial charge in [0.1, 0.15) is 19.8 Å². The van der Waals surface area contributed by atoms with Crippen LogP contribution < -0.4 is 4.89 Å². The zero-order chi connectivity index (χ0) is 45.1. The lowest BCUT2D eigenvalue weighted by molar-refractivity contribution is -0.870. The summed E-state index contributed by atoms with van der Waals surface area (Å²) in [5.41, 5.74) is 0. The Morgan fingerprint density at radius 1 is 0.607 bits per heavy atom. The summed E-state index contributed by atoms with van der Waals surface area (Å²) in [4.78, 5) is 37.6. The van der Waals surface area contributed by atoms with Gasteiger partial charge in [-0.3, -0.25) is 14.2 Å². The number of esters is 2. The molecule has 0 radical (unpaired) electrons. The fraction of sp³-hybridized carbons (Fsp3) is 0.720. The molecule has 0 spiro atoms. The number of nitrogens with zero attached hydrogens (tertiary/aromatic N) is 1. The molecule has 0 aliphatic carbocycles. The van der Waals surface area contributed by atoms with Crippen molar-refractivity contribution in [3.8, 4) is 0 Å². The molecule has 0 fully saturated rings. The Bertz CT molecular complexity index is 1280. The number of rotatable bonds is 42. The highest BCUT2D eigenvalue weighted by atomic mass is 31.2. The van der Waals surface area contributed by atoms with E-state index in [2.05, 4.69) is 56.4 Å². The van der Waals surface area contributed by atoms with Crippen LogP contribution in [0.4, 0.5) is 0 Å². The van der Waals surface area contributed by atoms with Crippen LogP contribution in [0.25, 0.3) is 0 Å². The van der Waals surface area contributed by atoms with Gasteiger partial charge in [-0.05, 0) is 77.0 Å². The Morgan fingerprint density at radius 3 is 1.69 bits per heavy atom. The predicted molar refractivity (Wildman–Crippen MR) is 251 cm³/mol. The van der Waals surface area contributed by atoms with Gasteiger partial charge in [0.25, 0.3) is 7.82 Å². The zero-order valence-corrected chi connectivity index (χ0v) is 40.1. The quantitative estimate of drug-likeness (QED) is 0.0159. The number of ether oxygens (including phenoxy) is 2. The van der Waals surface area contributed by atoms with Gasteiger partial charge < -0.3 is 33.0 Å². The van der Waals surface area contributed by atoms with Gasteiger partial charge in [0.2, 0.25) is 0 Å². The van der Waals surface area contributed by atoms with E-state index in [1.165, 1.54) is 77.0 Å². The fourth-order valence-corrected chi connectivity index (χ4v) is 6.72. The molecule has 0 saturated carbocycles. The van der Waals surface area contributed by atoms with Gasteiger partial charge in [0.05, 0.1) is 33.9 Å². The summed E-state index contributed by atoms with van der Waals surface area (Å²) < 4.78 is 33.8. The maximum atomic E-state index is 12.7. The smallest absolute Gasteiger partial charge is 0.306 e. The van der Waals surface area contributed by atoms with Crippen LogP contribution in [0.3, 0.4) is 0 Å². The maximum Gasteiger partial charge on any atom is 0.306 e. The third kappa shape index (κ3) is 45.3. The summed E-state index contributed by atoms with van der Waals surface area (Å²) in [6.07, 6.45) is 48.1. The van der Waals surface area contributed by atoms with E-state index in [9.17, 15) is 24.2 Å². The lowest BCUT2D eigenvalue weighted by Gasteiger charge is -2.28. The molecule has 0 aromatic heterocycles. The Balaban J connectivity index is 4.49. The van der Waals surface area contributed by atoms with Gasteiger partial charge in [0, 0.05) is 12.8 Å². The first-order chi connectivity index (χ1) is 29.4. The normalized spacial score (nSPS) is 14.7. The first-order valence-corrected chi connectivity index (χ1v) is 25.2. The number of carbonyl (C=O) groups excluding carboxylic acids is 2. The molecule has 0 rings (SSSR count). The van der Waals surface area contributed by atoms with Crippen LogP contribution in [-0.4, -0.2) is 81.2 Å². The summed E-state index contributed by atoms with van der Waals surface area (Å²) >= 11 is 0. The van der Waals surface area contributed by atoms with Crippen LogP contribution in [0.15, 0.2) is 72.9 Å². The SMILES string of the molecule is CCCCC/C=C\C/C=C\CCCCCCCCCCCC(=O)OC[C@H](COP(=O)([O-])OCC[N+](C)(C)C)OC(=O)CCC/C=C/C=C\C(O)C/C=C\C/C=C\CCCCC. The zero-order valence-electron chi connectivity index (χ0n) is 39.2. The van der Waals surface area contributed by atoms with E-state index in [1.807, 2.05) is 39.4 Å². The number of quaternary nitrogens is 1. The van der Waals surface area contributed by atoms with Crippen LogP contribution in [0.2, 0.25) is 0 Å². The first kappa shape index (κ1) is 58.4. The van der Waals surface area contributed by atoms with Crippen molar-refractivity contribution in [3.05, 3.63) is 72.9 Å². The van der Waals surface area contributed by atoms with Gasteiger partial charge in [-0.15, -0.1) is 0 Å². The van der Waals surface area contributed by atoms with Crippen molar-refractivity contribution in [2.75, 3.05) is 47.5 Å². The van der Waals surface area contributed by atoms with Crippen LogP contribution in [0.1, 0.15) is 174 Å². The van der Waals surface area contributed by atoms with Gasteiger partial charge in [-0.1, -0.05) is 157 Å². The van der Waals surface area contributed by atoms with Gasteiger partial charge in [0.15, 0.2) is 6.10 Å². The van der Waals surface area contributed by atoms with Crippen molar-refractivity contribution in [2.24, 2.45) is 0 Å². The van der Waals surface area contributed by atoms with Crippen LogP contribution in [0, 0.1) is 0 Å². The standard InChI is InChI=1S/C50H88NO9P/c1-6-8-10-12-14-16-17-18-19-20-21-22-23-24-25-27-29-33-37-41-49(53)57-45-48(46-59-61(55,56)58-44-43-51(3,4)5)60-50(54)42-38-34-30-32-36-40-47(52)39-35-31-28-26-15-13-11-9-7-2/h14-16,18-19,26,30-32,35-36,40,47-48,52H,6-13,17,20-25,27-29,33-34,37-39,41-46H2,1-5H3/b16-14-,19-18-,26-15-,32-30+,35-31-,40-36-/t47?,48-/m1/s1. The Hall–Kier alpha value is -2.59. The molecule has 0 aromatic carbocycles. The van der Waals surface area contributed by atoms with Crippen LogP contribution >= 0.6 is 7.82 Å². The third-order valence-electron chi connectivity index (χ3n) is 9.78. The van der Waals surface area contributed by atoms with Crippen molar-refractivity contribution >= 4 is 19.8 Å². The van der Waals surface area contributed by atoms with Gasteiger partial charge in [-0.25, -0.2) is 0 Å². The average Bonchev–Trinajstić information content (AvgIpc) is 3.21. The lowest BCUT2D eigenvalue weighted by atomic mass is 10.1. The van der Waals surface area contributed by atoms with Crippen molar-refractivity contribution in [2.45, 2.75) is 187 Å². The Morgan fingerprint density at radius 2 is 1.11 bits per heavy atom. The second-order valence-corrected chi connectivity index (χ2v) is 18.4. The summed E-state index contributed by atoms with van der Waals surface area (Å²) in [6.45, 7) is 3.99. The number of phosphoric ester groups is 1. The number of allylic oxidation sites excluding steroid dienone is 10. The number of likely N-dealkylation sites (N-methyl/N-ethyl adjacent to an activating group) is 1. The highest BCUT2D eigenvalue weighted by Gasteiger charge is 2.21. The molecular weight excluding hydrogens is 790 g/mol. The van der Waals surface area contributed by atoms with Gasteiger partial charge >= 0.3 is 11.9 Å². The first-order valence-electron chi connectivity index (χ1n) is 23.8. The minimum Gasteiger partial charge on any atom is -0.756 e. The molecule has 1 N–H and O–H groups in total. The Kier molecular flexibility index (Phi) is 39.7. The van der Waals surface area contributed by atoms with Crippen molar-refractivity contribution in [1.29, 1.82) is 0 Å². The third-order valence-corrected chi connectivity index (χ3v) is 10.7. The molecule has 0 aromatic rings. The minimum atomic E-state index is -4.67. The van der Waals surface area contributed by atoms with Crippen LogP contribution in [0.5, 0.6) is 0 Å². The van der Waals surface area contributed by atoms with Gasteiger partial charge in [-0.2, -0.15) is 0 Å². The molecule has 352 valence electrons. The predicted octanol–water partition coefficient (Wildman–Crippen LogP) is 12.1. The second-order valence-electron chi connectivity index (χ2n) is 17.0. The van der Waals surface area contributed by atoms with E-state index in [1.54, 1.807) is 12.2 Å². The van der Waals surface area contributed by atoms with E-state index in [0.717, 1.165) is 44.9 Å². The number of unbranched alkanes of at least 4 members (excludes halogenated alkanes) is 16. The lowest BCUT2D eigenvalue weighted by Crippen LogP contribution is -2.37. The van der Waals surface area contributed by atoms with Crippen LogP contribution in [-0.2, 0) is 32.7 Å². The van der Waals surface area contributed by atoms with E-state index in [4.69, 9.17) is 18.5 Å². The average molecular weight is 878 g/mol. The van der Waals surface area contributed by atoms with E-state index < -0.39 is 38.6 Å². The number of phosphoric acid groups is 1. The molecule has 0 amide bonds. The summed E-state index contributed by atoms with van der Waals surface area (Å²) in [6, 6.07) is 0. The molecule has 0 aliphatic rings. The molecule has 0 saturated heterocycles. The fourth-order valence-electron chi connectivity index (χ4n) is 5.99. The molecule has 3 atom stereocenters. The monoisotopic (exact) mass is 878 g/mol. The summed E-state index contributed by atoms with van der Waals surface area (Å²) in [7, 11) is 1.07. The minimum absolute atomic E-state index is 0.0604. The molecule has 10 nitrogen and oxygen atoms in total. The number of aliphatic hydroxyl groups excluding tert-OH is 1. The molecule has 2 unspecified atom stereocenters. The largest absolute Gasteiger partial charge is 0.756 e. The van der Waals surface area contributed by atoms with Crippen molar-refractivity contribution in [3.63, 3.8) is 0 Å². The number of aliphatic hydroxyl groups is 1. The summed E-state index contributed by atoms with van der Waals surface area (Å²) in [5, 5.41) is 10.2. The van der Waals surface area contributed by atoms with E-state index >= 15 is 0 Å². The molecule has 11 heteroatoms. The molecule has 0 heterocycles. The topological polar surface area (TPSA) is 131 Å². The van der Waals surface area contributed by atoms with E-state index in [-0.39, 0.29) is 26.1 Å². The second kappa shape index (κ2) is 41.4. The van der Waals surface area contributed by atoms with E-state index in [0.29, 0.717) is 36.7 Å². The number of carbonyl (C=O) groups is 2. The molecular formula is C50H88NO9P. The Labute approximate surface area is 372 Å². The molecule has 0 aliphatic heterocycles. The van der Waals surface area contributed by atoms with Crippen molar-refractivity contribution < 1.29 is 47.2 Å². The maximum absolute atomic E-state index is 12.7. The summed E-state index contributed by atoms with van der Waals surface area (Å²) in [5.74, 6) is -0.973. The molecule has 61 heavy (non-hydrogen) atoms. The molecule has 0 bridgehead atoms. The van der Waals surface area contributed by atoms with Crippen molar-refractivity contribution in [1.82, 2.24) is 0 Å². The number of hydrogen-bond acceptors (Lipinski definition) is 9. The highest BCUT2D eigenvalue weighted by molar-refractivity contribution is 7.45.